The number of rotatable bonds is 4. The summed E-state index contributed by atoms with van der Waals surface area (Å²) >= 11 is 13.2. The molecule has 146 valence electrons. The fourth-order valence-corrected chi connectivity index (χ4v) is 4.38. The molecular formula is C20H19Cl2N3O2S. The van der Waals surface area contributed by atoms with Gasteiger partial charge in [-0.25, -0.2) is 4.99 Å². The van der Waals surface area contributed by atoms with Crippen LogP contribution in [0.2, 0.25) is 10.0 Å². The second kappa shape index (κ2) is 8.55. The first-order chi connectivity index (χ1) is 13.2. The number of nitrogens with zero attached hydrogens (tertiary/aromatic N) is 2. The van der Waals surface area contributed by atoms with E-state index in [1.54, 1.807) is 31.3 Å². The number of nitrogens with one attached hydrogen (secondary N) is 1. The highest BCUT2D eigenvalue weighted by Gasteiger charge is 2.37. The Morgan fingerprint density at radius 3 is 2.43 bits per heavy atom. The minimum atomic E-state index is -0.510. The average Bonchev–Trinajstić information content (AvgIpc) is 2.88. The van der Waals surface area contributed by atoms with Gasteiger partial charge in [-0.15, -0.1) is 0 Å². The summed E-state index contributed by atoms with van der Waals surface area (Å²) in [7, 11) is 1.67. The monoisotopic (exact) mass is 435 g/mol. The summed E-state index contributed by atoms with van der Waals surface area (Å²) in [6, 6.07) is 10.6. The molecule has 0 spiro atoms. The van der Waals surface area contributed by atoms with Gasteiger partial charge in [-0.05, 0) is 61.4 Å². The second-order valence-corrected chi connectivity index (χ2v) is 8.58. The summed E-state index contributed by atoms with van der Waals surface area (Å²) in [6.07, 6.45) is 0.0640. The highest BCUT2D eigenvalue weighted by atomic mass is 35.5. The Bertz CT molecular complexity index is 978. The highest BCUT2D eigenvalue weighted by molar-refractivity contribution is 8.15. The number of carbonyl (C=O) groups excluding carboxylic acids is 2. The van der Waals surface area contributed by atoms with E-state index in [0.717, 1.165) is 16.8 Å². The van der Waals surface area contributed by atoms with Crippen LogP contribution < -0.4 is 5.32 Å². The van der Waals surface area contributed by atoms with Gasteiger partial charge in [0.15, 0.2) is 5.17 Å². The van der Waals surface area contributed by atoms with Gasteiger partial charge in [-0.1, -0.05) is 35.0 Å². The van der Waals surface area contributed by atoms with Crippen molar-refractivity contribution in [3.8, 4) is 0 Å². The molecule has 2 aromatic rings. The molecule has 0 aliphatic carbocycles. The van der Waals surface area contributed by atoms with Gasteiger partial charge >= 0.3 is 0 Å². The number of benzene rings is 2. The van der Waals surface area contributed by atoms with E-state index < -0.39 is 5.25 Å². The maximum absolute atomic E-state index is 12.6. The minimum absolute atomic E-state index is 0.0640. The van der Waals surface area contributed by atoms with Crippen molar-refractivity contribution < 1.29 is 9.59 Å². The number of aliphatic imine (C=N–C) groups is 1. The zero-order valence-electron chi connectivity index (χ0n) is 15.6. The fourth-order valence-electron chi connectivity index (χ4n) is 2.78. The molecule has 1 aliphatic rings. The summed E-state index contributed by atoms with van der Waals surface area (Å²) in [6.45, 7) is 3.77. The highest BCUT2D eigenvalue weighted by Crippen LogP contribution is 2.32. The molecule has 2 aromatic carbocycles. The molecule has 0 aromatic heterocycles. The predicted octanol–water partition coefficient (Wildman–Crippen LogP) is 5.20. The molecule has 8 heteroatoms. The van der Waals surface area contributed by atoms with Crippen molar-refractivity contribution in [1.29, 1.82) is 0 Å². The largest absolute Gasteiger partial charge is 0.326 e. The Kier molecular flexibility index (Phi) is 6.33. The lowest BCUT2D eigenvalue weighted by molar-refractivity contribution is -0.127. The number of anilines is 1. The van der Waals surface area contributed by atoms with Crippen LogP contribution in [0, 0.1) is 13.8 Å². The van der Waals surface area contributed by atoms with Crippen LogP contribution in [-0.2, 0) is 9.59 Å². The van der Waals surface area contributed by atoms with Crippen molar-refractivity contribution in [3.63, 3.8) is 0 Å². The number of hydrogen-bond acceptors (Lipinski definition) is 4. The summed E-state index contributed by atoms with van der Waals surface area (Å²) in [4.78, 5) is 31.0. The Morgan fingerprint density at radius 2 is 1.79 bits per heavy atom. The van der Waals surface area contributed by atoms with E-state index in [2.05, 4.69) is 10.3 Å². The van der Waals surface area contributed by atoms with Crippen LogP contribution in [0.3, 0.4) is 0 Å². The summed E-state index contributed by atoms with van der Waals surface area (Å²) in [5, 5.41) is 4.14. The lowest BCUT2D eigenvalue weighted by Crippen LogP contribution is -2.30. The molecule has 2 amide bonds. The number of halogens is 2. The van der Waals surface area contributed by atoms with Gasteiger partial charge in [0, 0.05) is 29.2 Å². The molecule has 1 atom stereocenters. The fraction of sp³-hybridized carbons (Fsp3) is 0.250. The molecular weight excluding hydrogens is 417 g/mol. The Balaban J connectivity index is 1.70. The van der Waals surface area contributed by atoms with Crippen LogP contribution in [0.1, 0.15) is 17.5 Å². The maximum Gasteiger partial charge on any atom is 0.242 e. The smallest absolute Gasteiger partial charge is 0.242 e. The third kappa shape index (κ3) is 4.69. The first-order valence-corrected chi connectivity index (χ1v) is 10.2. The maximum atomic E-state index is 12.6. The number of carbonyl (C=O) groups is 2. The number of aryl methyl sites for hydroxylation is 2. The number of thioether (sulfide) groups is 1. The van der Waals surface area contributed by atoms with Gasteiger partial charge in [-0.2, -0.15) is 0 Å². The Morgan fingerprint density at radius 1 is 1.14 bits per heavy atom. The van der Waals surface area contributed by atoms with Crippen molar-refractivity contribution in [3.05, 3.63) is 57.6 Å². The molecule has 0 radical (unpaired) electrons. The summed E-state index contributed by atoms with van der Waals surface area (Å²) in [5.41, 5.74) is 3.21. The van der Waals surface area contributed by atoms with Gasteiger partial charge in [-0.3, -0.25) is 14.5 Å². The minimum Gasteiger partial charge on any atom is -0.326 e. The van der Waals surface area contributed by atoms with E-state index in [0.29, 0.717) is 20.9 Å². The van der Waals surface area contributed by atoms with E-state index in [4.69, 9.17) is 23.2 Å². The second-order valence-electron chi connectivity index (χ2n) is 6.54. The lowest BCUT2D eigenvalue weighted by Gasteiger charge is -2.11. The van der Waals surface area contributed by atoms with Crippen molar-refractivity contribution >= 4 is 63.3 Å². The van der Waals surface area contributed by atoms with E-state index in [1.807, 2.05) is 26.0 Å². The molecule has 0 unspecified atom stereocenters. The molecule has 5 nitrogen and oxygen atoms in total. The van der Waals surface area contributed by atoms with Gasteiger partial charge in [0.2, 0.25) is 11.8 Å². The molecule has 1 saturated heterocycles. The van der Waals surface area contributed by atoms with Gasteiger partial charge < -0.3 is 5.32 Å². The van der Waals surface area contributed by atoms with Gasteiger partial charge in [0.1, 0.15) is 5.25 Å². The van der Waals surface area contributed by atoms with Crippen LogP contribution in [0.4, 0.5) is 11.4 Å². The van der Waals surface area contributed by atoms with Crippen LogP contribution in [0.25, 0.3) is 0 Å². The zero-order valence-corrected chi connectivity index (χ0v) is 18.0. The lowest BCUT2D eigenvalue weighted by atomic mass is 10.2. The molecule has 0 saturated carbocycles. The summed E-state index contributed by atoms with van der Waals surface area (Å²) in [5.74, 6) is -0.369. The van der Waals surface area contributed by atoms with Crippen LogP contribution >= 0.6 is 35.0 Å². The quantitative estimate of drug-likeness (QED) is 0.717. The Labute approximate surface area is 178 Å². The zero-order chi connectivity index (χ0) is 20.4. The molecule has 1 heterocycles. The number of amides is 2. The van der Waals surface area contributed by atoms with E-state index in [1.165, 1.54) is 16.7 Å². The van der Waals surface area contributed by atoms with Crippen molar-refractivity contribution in [2.24, 2.45) is 4.99 Å². The average molecular weight is 436 g/mol. The number of amidine groups is 1. The van der Waals surface area contributed by atoms with E-state index >= 15 is 0 Å². The molecule has 3 rings (SSSR count). The van der Waals surface area contributed by atoms with Crippen LogP contribution in [-0.4, -0.2) is 34.2 Å². The van der Waals surface area contributed by atoms with E-state index in [-0.39, 0.29) is 18.2 Å². The SMILES string of the molecule is Cc1cc(Cl)ccc1N=C1S[C@@H](CC(=O)Nc2ccc(Cl)cc2C)C(=O)N1C. The van der Waals surface area contributed by atoms with Crippen molar-refractivity contribution in [2.75, 3.05) is 12.4 Å². The molecule has 1 aliphatic heterocycles. The molecule has 28 heavy (non-hydrogen) atoms. The third-order valence-corrected chi connectivity index (χ3v) is 6.05. The molecule has 1 N–H and O–H groups in total. The van der Waals surface area contributed by atoms with Gasteiger partial charge in [0.25, 0.3) is 0 Å². The standard InChI is InChI=1S/C20H19Cl2N3O2S/c1-11-8-13(21)4-6-15(11)23-18(26)10-17-19(27)25(3)20(28-17)24-16-7-5-14(22)9-12(16)2/h4-9,17H,10H2,1-3H3,(H,23,26)/t17-/m0/s1. The normalized spacial score (nSPS) is 18.0. The summed E-state index contributed by atoms with van der Waals surface area (Å²) < 4.78 is 0. The topological polar surface area (TPSA) is 61.8 Å². The van der Waals surface area contributed by atoms with Crippen LogP contribution in [0.5, 0.6) is 0 Å². The molecule has 1 fully saturated rings. The molecule has 0 bridgehead atoms. The van der Waals surface area contributed by atoms with Gasteiger partial charge in [0.05, 0.1) is 5.69 Å². The van der Waals surface area contributed by atoms with E-state index in [9.17, 15) is 9.59 Å². The van der Waals surface area contributed by atoms with Crippen molar-refractivity contribution in [2.45, 2.75) is 25.5 Å². The number of hydrogen-bond donors (Lipinski definition) is 1. The third-order valence-electron chi connectivity index (χ3n) is 4.35. The van der Waals surface area contributed by atoms with Crippen molar-refractivity contribution in [1.82, 2.24) is 4.90 Å². The Hall–Kier alpha value is -2.02. The van der Waals surface area contributed by atoms with Crippen LogP contribution in [0.15, 0.2) is 41.4 Å². The first kappa shape index (κ1) is 20.7. The first-order valence-electron chi connectivity index (χ1n) is 8.59. The predicted molar refractivity (Wildman–Crippen MR) is 117 cm³/mol.